The Balaban J connectivity index is 2.94. The lowest BCUT2D eigenvalue weighted by atomic mass is 10.4. The lowest BCUT2D eigenvalue weighted by Gasteiger charge is -2.00. The van der Waals surface area contributed by atoms with E-state index in [1.807, 2.05) is 22.6 Å². The van der Waals surface area contributed by atoms with Gasteiger partial charge in [-0.25, -0.2) is 9.37 Å². The third-order valence-corrected chi connectivity index (χ3v) is 2.68. The van der Waals surface area contributed by atoms with Crippen LogP contribution in [0.4, 0.5) is 4.39 Å². The van der Waals surface area contributed by atoms with Crippen molar-refractivity contribution in [2.24, 2.45) is 0 Å². The van der Waals surface area contributed by atoms with Crippen LogP contribution in [-0.2, 0) is 0 Å². The molecule has 0 N–H and O–H groups in total. The first-order valence-electron chi connectivity index (χ1n) is 3.15. The van der Waals surface area contributed by atoms with Crippen molar-refractivity contribution in [3.05, 3.63) is 33.1 Å². The molecule has 0 aliphatic heterocycles. The fraction of sp³-hybridized carbons (Fsp3) is 0. The average molecular weight is 296 g/mol. The molecule has 12 heavy (non-hydrogen) atoms. The summed E-state index contributed by atoms with van der Waals surface area (Å²) in [6.07, 6.45) is 3.12. The van der Waals surface area contributed by atoms with Crippen LogP contribution < -0.4 is 0 Å². The molecule has 0 saturated carbocycles. The molecule has 0 amide bonds. The molecule has 2 aromatic rings. The topological polar surface area (TPSA) is 17.3 Å². The Morgan fingerprint density at radius 2 is 2.33 bits per heavy atom. The summed E-state index contributed by atoms with van der Waals surface area (Å²) in [4.78, 5) is 3.85. The molecule has 0 fully saturated rings. The highest BCUT2D eigenvalue weighted by Gasteiger charge is 2.08. The number of imidazole rings is 1. The molecule has 5 heteroatoms. The largest absolute Gasteiger partial charge is 0.287 e. The summed E-state index contributed by atoms with van der Waals surface area (Å²) in [5.41, 5.74) is 0.797. The predicted molar refractivity (Wildman–Crippen MR) is 52.9 cm³/mol. The molecule has 2 aromatic heterocycles. The molecule has 0 unspecified atom stereocenters. The molecule has 0 aromatic carbocycles. The molecule has 0 aliphatic carbocycles. The summed E-state index contributed by atoms with van der Waals surface area (Å²) < 4.78 is 15.2. The summed E-state index contributed by atoms with van der Waals surface area (Å²) in [5.74, 6) is -0.400. The van der Waals surface area contributed by atoms with Crippen molar-refractivity contribution in [3.8, 4) is 0 Å². The second kappa shape index (κ2) is 2.85. The third kappa shape index (κ3) is 1.09. The van der Waals surface area contributed by atoms with Crippen LogP contribution in [-0.4, -0.2) is 9.38 Å². The molecular weight excluding hydrogens is 293 g/mol. The number of pyridine rings is 1. The smallest absolute Gasteiger partial charge is 0.172 e. The first kappa shape index (κ1) is 8.25. The van der Waals surface area contributed by atoms with Gasteiger partial charge in [-0.3, -0.25) is 4.40 Å². The molecule has 0 bridgehead atoms. The zero-order valence-corrected chi connectivity index (χ0v) is 8.67. The molecule has 0 radical (unpaired) electrons. The molecule has 2 heterocycles. The van der Waals surface area contributed by atoms with Gasteiger partial charge in [0, 0.05) is 0 Å². The van der Waals surface area contributed by atoms with Crippen molar-refractivity contribution in [1.29, 1.82) is 0 Å². The molecule has 2 nitrogen and oxygen atoms in total. The Morgan fingerprint density at radius 3 is 3.08 bits per heavy atom. The van der Waals surface area contributed by atoms with Crippen LogP contribution in [0.25, 0.3) is 5.52 Å². The van der Waals surface area contributed by atoms with E-state index in [0.717, 1.165) is 5.52 Å². The maximum atomic E-state index is 13.2. The van der Waals surface area contributed by atoms with Crippen LogP contribution in [0.15, 0.2) is 18.6 Å². The van der Waals surface area contributed by atoms with E-state index in [-0.39, 0.29) is 5.15 Å². The van der Waals surface area contributed by atoms with Gasteiger partial charge >= 0.3 is 0 Å². The van der Waals surface area contributed by atoms with E-state index in [2.05, 4.69) is 4.98 Å². The number of hydrogen-bond acceptors (Lipinski definition) is 1. The zero-order valence-electron chi connectivity index (χ0n) is 5.76. The highest BCUT2D eigenvalue weighted by Crippen LogP contribution is 2.22. The van der Waals surface area contributed by atoms with E-state index in [4.69, 9.17) is 11.6 Å². The monoisotopic (exact) mass is 296 g/mol. The van der Waals surface area contributed by atoms with Crippen molar-refractivity contribution in [2.45, 2.75) is 0 Å². The van der Waals surface area contributed by atoms with Gasteiger partial charge in [0.05, 0.1) is 15.3 Å². The van der Waals surface area contributed by atoms with E-state index in [1.165, 1.54) is 10.7 Å². The Morgan fingerprint density at radius 1 is 1.58 bits per heavy atom. The van der Waals surface area contributed by atoms with E-state index >= 15 is 0 Å². The molecule has 62 valence electrons. The average Bonchev–Trinajstić information content (AvgIpc) is 2.48. The number of rotatable bonds is 0. The van der Waals surface area contributed by atoms with Crippen molar-refractivity contribution < 1.29 is 4.39 Å². The van der Waals surface area contributed by atoms with Gasteiger partial charge in [0.2, 0.25) is 0 Å². The first-order chi connectivity index (χ1) is 5.70. The van der Waals surface area contributed by atoms with Crippen LogP contribution in [0.3, 0.4) is 0 Å². The van der Waals surface area contributed by atoms with Crippen LogP contribution in [0.1, 0.15) is 0 Å². The van der Waals surface area contributed by atoms with Gasteiger partial charge in [0.15, 0.2) is 11.0 Å². The molecular formula is C7H3ClFIN2. The summed E-state index contributed by atoms with van der Waals surface area (Å²) in [7, 11) is 0. The van der Waals surface area contributed by atoms with Crippen LogP contribution in [0.2, 0.25) is 5.15 Å². The lowest BCUT2D eigenvalue weighted by molar-refractivity contribution is 0.612. The SMILES string of the molecule is Fc1c(I)cc2cncn2c1Cl. The molecule has 2 rings (SSSR count). The molecule has 0 aliphatic rings. The number of hydrogen-bond donors (Lipinski definition) is 0. The highest BCUT2D eigenvalue weighted by molar-refractivity contribution is 14.1. The number of aromatic nitrogens is 2. The van der Waals surface area contributed by atoms with Gasteiger partial charge in [0.1, 0.15) is 6.33 Å². The van der Waals surface area contributed by atoms with Crippen LogP contribution >= 0.6 is 34.2 Å². The van der Waals surface area contributed by atoms with Gasteiger partial charge in [0.25, 0.3) is 0 Å². The predicted octanol–water partition coefficient (Wildman–Crippen LogP) is 2.73. The number of nitrogens with zero attached hydrogens (tertiary/aromatic N) is 2. The molecule has 0 atom stereocenters. The van der Waals surface area contributed by atoms with E-state index < -0.39 is 5.82 Å². The first-order valence-corrected chi connectivity index (χ1v) is 4.61. The summed E-state index contributed by atoms with van der Waals surface area (Å²) >= 11 is 7.61. The van der Waals surface area contributed by atoms with Crippen LogP contribution in [0.5, 0.6) is 0 Å². The van der Waals surface area contributed by atoms with Crippen molar-refractivity contribution in [2.75, 3.05) is 0 Å². The minimum atomic E-state index is -0.400. The summed E-state index contributed by atoms with van der Waals surface area (Å²) in [6.45, 7) is 0. The number of halogens is 3. The minimum absolute atomic E-state index is 0.0781. The van der Waals surface area contributed by atoms with Gasteiger partial charge in [-0.1, -0.05) is 11.6 Å². The Kier molecular flexibility index (Phi) is 1.96. The van der Waals surface area contributed by atoms with E-state index in [9.17, 15) is 4.39 Å². The Labute approximate surface area is 86.5 Å². The summed E-state index contributed by atoms with van der Waals surface area (Å²) in [6, 6.07) is 1.69. The Hall–Kier alpha value is -0.360. The minimum Gasteiger partial charge on any atom is -0.287 e. The van der Waals surface area contributed by atoms with E-state index in [1.54, 1.807) is 12.3 Å². The standard InChI is InChI=1S/C7H3ClFIN2/c8-7-6(9)5(10)1-4-2-11-3-12(4)7/h1-3H. The van der Waals surface area contributed by atoms with Crippen molar-refractivity contribution in [3.63, 3.8) is 0 Å². The maximum absolute atomic E-state index is 13.2. The second-order valence-electron chi connectivity index (χ2n) is 2.29. The van der Waals surface area contributed by atoms with Gasteiger partial charge in [-0.2, -0.15) is 0 Å². The third-order valence-electron chi connectivity index (χ3n) is 1.54. The zero-order chi connectivity index (χ0) is 8.72. The number of fused-ring (bicyclic) bond motifs is 1. The van der Waals surface area contributed by atoms with Gasteiger partial charge in [-0.15, -0.1) is 0 Å². The molecule has 0 spiro atoms. The fourth-order valence-electron chi connectivity index (χ4n) is 0.974. The normalized spacial score (nSPS) is 10.9. The van der Waals surface area contributed by atoms with Crippen molar-refractivity contribution >= 4 is 39.7 Å². The van der Waals surface area contributed by atoms with E-state index in [0.29, 0.717) is 3.57 Å². The quantitative estimate of drug-likeness (QED) is 0.540. The van der Waals surface area contributed by atoms with Crippen LogP contribution in [0, 0.1) is 9.39 Å². The van der Waals surface area contributed by atoms with Gasteiger partial charge in [-0.05, 0) is 28.7 Å². The molecule has 0 saturated heterocycles. The van der Waals surface area contributed by atoms with Crippen molar-refractivity contribution in [1.82, 2.24) is 9.38 Å². The highest BCUT2D eigenvalue weighted by atomic mass is 127. The summed E-state index contributed by atoms with van der Waals surface area (Å²) in [5, 5.41) is 0.0781. The lowest BCUT2D eigenvalue weighted by Crippen LogP contribution is -1.92. The van der Waals surface area contributed by atoms with Gasteiger partial charge < -0.3 is 0 Å². The fourth-order valence-corrected chi connectivity index (χ4v) is 1.95. The Bertz CT molecular complexity index is 440. The maximum Gasteiger partial charge on any atom is 0.172 e. The second-order valence-corrected chi connectivity index (χ2v) is 3.81.